The van der Waals surface area contributed by atoms with Crippen molar-refractivity contribution in [2.75, 3.05) is 5.32 Å². The monoisotopic (exact) mass is 272 g/mol. The van der Waals surface area contributed by atoms with Gasteiger partial charge >= 0.3 is 0 Å². The van der Waals surface area contributed by atoms with Crippen molar-refractivity contribution < 1.29 is 9.32 Å². The van der Waals surface area contributed by atoms with Crippen LogP contribution in [0.5, 0.6) is 0 Å². The fourth-order valence-corrected chi connectivity index (χ4v) is 2.26. The number of hydrogen-bond acceptors (Lipinski definition) is 3. The molecule has 0 bridgehead atoms. The van der Waals surface area contributed by atoms with E-state index in [0.29, 0.717) is 12.8 Å². The van der Waals surface area contributed by atoms with E-state index >= 15 is 0 Å². The van der Waals surface area contributed by atoms with Gasteiger partial charge < -0.3 is 9.84 Å². The smallest absolute Gasteiger partial charge is 0.224 e. The van der Waals surface area contributed by atoms with E-state index in [9.17, 15) is 4.79 Å². The van der Waals surface area contributed by atoms with Gasteiger partial charge in [-0.15, -0.1) is 0 Å². The molecule has 1 aromatic heterocycles. The van der Waals surface area contributed by atoms with E-state index in [1.807, 2.05) is 39.8 Å². The summed E-state index contributed by atoms with van der Waals surface area (Å²) in [6.45, 7) is 7.80. The fraction of sp³-hybridized carbons (Fsp3) is 0.375. The van der Waals surface area contributed by atoms with Gasteiger partial charge in [-0.3, -0.25) is 4.79 Å². The van der Waals surface area contributed by atoms with Crippen LogP contribution in [0.3, 0.4) is 0 Å². The Morgan fingerprint density at radius 3 is 2.60 bits per heavy atom. The summed E-state index contributed by atoms with van der Waals surface area (Å²) in [4.78, 5) is 12.0. The standard InChI is InChI=1S/C16H20N2O2/c1-10-5-7-15(11(2)9-10)17-16(19)8-6-14-12(3)18-20-13(14)4/h5,7,9H,6,8H2,1-4H3,(H,17,19). The van der Waals surface area contributed by atoms with Crippen LogP contribution in [0.15, 0.2) is 22.7 Å². The number of benzene rings is 1. The number of nitrogens with one attached hydrogen (secondary N) is 1. The van der Waals surface area contributed by atoms with Crippen molar-refractivity contribution in [3.05, 3.63) is 46.3 Å². The molecule has 4 heteroatoms. The van der Waals surface area contributed by atoms with Gasteiger partial charge in [0.05, 0.1) is 5.69 Å². The second-order valence-electron chi connectivity index (χ2n) is 5.17. The summed E-state index contributed by atoms with van der Waals surface area (Å²) in [5.74, 6) is 0.804. The molecule has 0 atom stereocenters. The average Bonchev–Trinajstić information content (AvgIpc) is 2.70. The molecule has 1 aromatic carbocycles. The topological polar surface area (TPSA) is 55.1 Å². The molecule has 20 heavy (non-hydrogen) atoms. The Morgan fingerprint density at radius 1 is 1.25 bits per heavy atom. The first-order valence-corrected chi connectivity index (χ1v) is 6.76. The van der Waals surface area contributed by atoms with Crippen molar-refractivity contribution in [3.63, 3.8) is 0 Å². The molecule has 0 unspecified atom stereocenters. The summed E-state index contributed by atoms with van der Waals surface area (Å²) in [6.07, 6.45) is 1.08. The first kappa shape index (κ1) is 14.3. The molecule has 0 saturated heterocycles. The molecular formula is C16H20N2O2. The minimum Gasteiger partial charge on any atom is -0.361 e. The van der Waals surface area contributed by atoms with E-state index in [2.05, 4.69) is 16.5 Å². The number of nitrogens with zero attached hydrogens (tertiary/aromatic N) is 1. The highest BCUT2D eigenvalue weighted by Crippen LogP contribution is 2.18. The Bertz CT molecular complexity index is 610. The predicted molar refractivity (Wildman–Crippen MR) is 78.8 cm³/mol. The highest BCUT2D eigenvalue weighted by Gasteiger charge is 2.11. The van der Waals surface area contributed by atoms with Crippen LogP contribution in [0.25, 0.3) is 0 Å². The molecule has 0 spiro atoms. The van der Waals surface area contributed by atoms with Gasteiger partial charge in [0.2, 0.25) is 5.91 Å². The van der Waals surface area contributed by atoms with Gasteiger partial charge in [-0.1, -0.05) is 22.9 Å². The van der Waals surface area contributed by atoms with Gasteiger partial charge in [0, 0.05) is 17.7 Å². The van der Waals surface area contributed by atoms with Crippen molar-refractivity contribution in [1.29, 1.82) is 0 Å². The lowest BCUT2D eigenvalue weighted by Gasteiger charge is -2.09. The second kappa shape index (κ2) is 5.90. The number of aryl methyl sites for hydroxylation is 4. The van der Waals surface area contributed by atoms with Crippen LogP contribution >= 0.6 is 0 Å². The maximum atomic E-state index is 12.0. The molecule has 0 fully saturated rings. The number of rotatable bonds is 4. The quantitative estimate of drug-likeness (QED) is 0.927. The molecule has 0 saturated carbocycles. The highest BCUT2D eigenvalue weighted by molar-refractivity contribution is 5.91. The van der Waals surface area contributed by atoms with Crippen LogP contribution in [0.2, 0.25) is 0 Å². The zero-order valence-electron chi connectivity index (χ0n) is 12.4. The van der Waals surface area contributed by atoms with Crippen LogP contribution in [0.1, 0.15) is 34.6 Å². The third kappa shape index (κ3) is 3.26. The van der Waals surface area contributed by atoms with Crippen molar-refractivity contribution >= 4 is 11.6 Å². The Balaban J connectivity index is 1.96. The summed E-state index contributed by atoms with van der Waals surface area (Å²) < 4.78 is 5.10. The van der Waals surface area contributed by atoms with Gasteiger partial charge in [0.1, 0.15) is 5.76 Å². The molecule has 0 aliphatic rings. The van der Waals surface area contributed by atoms with Crippen molar-refractivity contribution in [3.8, 4) is 0 Å². The molecule has 0 radical (unpaired) electrons. The first-order chi connectivity index (χ1) is 9.47. The molecule has 1 N–H and O–H groups in total. The van der Waals surface area contributed by atoms with Crippen LogP contribution < -0.4 is 5.32 Å². The third-order valence-electron chi connectivity index (χ3n) is 3.44. The summed E-state index contributed by atoms with van der Waals surface area (Å²) >= 11 is 0. The van der Waals surface area contributed by atoms with Gasteiger partial charge in [-0.05, 0) is 45.7 Å². The minimum absolute atomic E-state index is 0.0111. The largest absolute Gasteiger partial charge is 0.361 e. The molecular weight excluding hydrogens is 252 g/mol. The van der Waals surface area contributed by atoms with Crippen LogP contribution in [-0.4, -0.2) is 11.1 Å². The van der Waals surface area contributed by atoms with E-state index < -0.39 is 0 Å². The van der Waals surface area contributed by atoms with E-state index in [1.165, 1.54) is 5.56 Å². The molecule has 2 aromatic rings. The summed E-state index contributed by atoms with van der Waals surface area (Å²) in [7, 11) is 0. The summed E-state index contributed by atoms with van der Waals surface area (Å²) in [5, 5.41) is 6.84. The summed E-state index contributed by atoms with van der Waals surface area (Å²) in [6, 6.07) is 6.00. The second-order valence-corrected chi connectivity index (χ2v) is 5.17. The third-order valence-corrected chi connectivity index (χ3v) is 3.44. The minimum atomic E-state index is 0.0111. The number of aromatic nitrogens is 1. The fourth-order valence-electron chi connectivity index (χ4n) is 2.26. The Hall–Kier alpha value is -2.10. The van der Waals surface area contributed by atoms with Gasteiger partial charge in [-0.25, -0.2) is 0 Å². The average molecular weight is 272 g/mol. The zero-order chi connectivity index (χ0) is 14.7. The highest BCUT2D eigenvalue weighted by atomic mass is 16.5. The van der Waals surface area contributed by atoms with Crippen LogP contribution in [-0.2, 0) is 11.2 Å². The lowest BCUT2D eigenvalue weighted by atomic mass is 10.1. The SMILES string of the molecule is Cc1ccc(NC(=O)CCc2c(C)noc2C)c(C)c1. The van der Waals surface area contributed by atoms with Crippen molar-refractivity contribution in [2.45, 2.75) is 40.5 Å². The maximum Gasteiger partial charge on any atom is 0.224 e. The lowest BCUT2D eigenvalue weighted by Crippen LogP contribution is -2.13. The van der Waals surface area contributed by atoms with Gasteiger partial charge in [-0.2, -0.15) is 0 Å². The molecule has 4 nitrogen and oxygen atoms in total. The van der Waals surface area contributed by atoms with E-state index in [-0.39, 0.29) is 5.91 Å². The molecule has 1 amide bonds. The van der Waals surface area contributed by atoms with E-state index in [4.69, 9.17) is 4.52 Å². The summed E-state index contributed by atoms with van der Waals surface area (Å²) in [5.41, 5.74) is 5.04. The number of amides is 1. The van der Waals surface area contributed by atoms with Crippen LogP contribution in [0, 0.1) is 27.7 Å². The van der Waals surface area contributed by atoms with E-state index in [0.717, 1.165) is 28.3 Å². The number of hydrogen-bond donors (Lipinski definition) is 1. The Morgan fingerprint density at radius 2 is 2.00 bits per heavy atom. The lowest BCUT2D eigenvalue weighted by molar-refractivity contribution is -0.116. The zero-order valence-corrected chi connectivity index (χ0v) is 12.4. The Kier molecular flexibility index (Phi) is 4.23. The van der Waals surface area contributed by atoms with Gasteiger partial charge in [0.25, 0.3) is 0 Å². The van der Waals surface area contributed by atoms with Crippen molar-refractivity contribution in [1.82, 2.24) is 5.16 Å². The molecule has 106 valence electrons. The maximum absolute atomic E-state index is 12.0. The normalized spacial score (nSPS) is 10.6. The predicted octanol–water partition coefficient (Wildman–Crippen LogP) is 3.48. The Labute approximate surface area is 119 Å². The number of anilines is 1. The molecule has 1 heterocycles. The molecule has 0 aliphatic heterocycles. The first-order valence-electron chi connectivity index (χ1n) is 6.76. The number of carbonyl (C=O) groups excluding carboxylic acids is 1. The van der Waals surface area contributed by atoms with Crippen LogP contribution in [0.4, 0.5) is 5.69 Å². The molecule has 0 aliphatic carbocycles. The molecule has 2 rings (SSSR count). The van der Waals surface area contributed by atoms with Crippen molar-refractivity contribution in [2.24, 2.45) is 0 Å². The number of carbonyl (C=O) groups is 1. The van der Waals surface area contributed by atoms with Gasteiger partial charge in [0.15, 0.2) is 0 Å². The van der Waals surface area contributed by atoms with E-state index in [1.54, 1.807) is 0 Å².